The van der Waals surface area contributed by atoms with Crippen molar-refractivity contribution in [1.82, 2.24) is 0 Å². The maximum absolute atomic E-state index is 11.1. The van der Waals surface area contributed by atoms with Crippen LogP contribution in [-0.2, 0) is 20.6 Å². The fourth-order valence-corrected chi connectivity index (χ4v) is 1.89. The standard InChI is InChI=1S/C10H11N3O3S/c11-5-4-10(14)13-9-3-1-2-8(6-9)7-17(12,15)16/h1-3,6H,4,7H2,(H,13,14)(H2,12,15,16). The van der Waals surface area contributed by atoms with Crippen LogP contribution in [0, 0.1) is 11.3 Å². The van der Waals surface area contributed by atoms with Gasteiger partial charge in [-0.3, -0.25) is 4.79 Å². The third kappa shape index (κ3) is 5.10. The summed E-state index contributed by atoms with van der Waals surface area (Å²) in [7, 11) is -3.60. The Kier molecular flexibility index (Phi) is 4.20. The third-order valence-corrected chi connectivity index (χ3v) is 2.55. The number of nitriles is 1. The van der Waals surface area contributed by atoms with Crippen LogP contribution in [0.3, 0.4) is 0 Å². The van der Waals surface area contributed by atoms with E-state index in [1.807, 2.05) is 0 Å². The lowest BCUT2D eigenvalue weighted by atomic mass is 10.2. The number of amides is 1. The summed E-state index contributed by atoms with van der Waals surface area (Å²) >= 11 is 0. The highest BCUT2D eigenvalue weighted by molar-refractivity contribution is 7.88. The van der Waals surface area contributed by atoms with Crippen molar-refractivity contribution in [3.8, 4) is 6.07 Å². The number of sulfonamides is 1. The molecule has 0 spiro atoms. The van der Waals surface area contributed by atoms with Crippen LogP contribution < -0.4 is 10.5 Å². The first-order valence-electron chi connectivity index (χ1n) is 4.67. The van der Waals surface area contributed by atoms with E-state index in [-0.39, 0.29) is 12.2 Å². The van der Waals surface area contributed by atoms with Crippen molar-refractivity contribution in [2.45, 2.75) is 12.2 Å². The van der Waals surface area contributed by atoms with E-state index < -0.39 is 15.9 Å². The number of nitrogens with one attached hydrogen (secondary N) is 1. The normalized spacial score (nSPS) is 10.6. The first-order valence-corrected chi connectivity index (χ1v) is 6.38. The molecular formula is C10H11N3O3S. The number of primary sulfonamides is 1. The summed E-state index contributed by atoms with van der Waals surface area (Å²) in [6, 6.07) is 8.00. The van der Waals surface area contributed by atoms with Crippen LogP contribution in [0.5, 0.6) is 0 Å². The van der Waals surface area contributed by atoms with E-state index in [2.05, 4.69) is 5.32 Å². The van der Waals surface area contributed by atoms with Gasteiger partial charge in [-0.15, -0.1) is 0 Å². The summed E-state index contributed by atoms with van der Waals surface area (Å²) in [6.07, 6.45) is -0.251. The van der Waals surface area contributed by atoms with Gasteiger partial charge in [-0.05, 0) is 17.7 Å². The van der Waals surface area contributed by atoms with Crippen molar-refractivity contribution in [3.63, 3.8) is 0 Å². The smallest absolute Gasteiger partial charge is 0.238 e. The highest BCUT2D eigenvalue weighted by Gasteiger charge is 2.06. The van der Waals surface area contributed by atoms with Gasteiger partial charge < -0.3 is 5.32 Å². The minimum Gasteiger partial charge on any atom is -0.325 e. The number of hydrogen-bond acceptors (Lipinski definition) is 4. The van der Waals surface area contributed by atoms with Gasteiger partial charge >= 0.3 is 0 Å². The van der Waals surface area contributed by atoms with Gasteiger partial charge in [-0.1, -0.05) is 12.1 Å². The van der Waals surface area contributed by atoms with Gasteiger partial charge in [-0.25, -0.2) is 13.6 Å². The summed E-state index contributed by atoms with van der Waals surface area (Å²) in [5, 5.41) is 15.7. The van der Waals surface area contributed by atoms with Gasteiger partial charge in [0.25, 0.3) is 0 Å². The molecule has 6 nitrogen and oxygen atoms in total. The lowest BCUT2D eigenvalue weighted by Crippen LogP contribution is -2.15. The largest absolute Gasteiger partial charge is 0.325 e. The number of nitrogens with zero attached hydrogens (tertiary/aromatic N) is 1. The molecule has 1 aromatic rings. The van der Waals surface area contributed by atoms with E-state index in [1.165, 1.54) is 6.07 Å². The van der Waals surface area contributed by atoms with Crippen molar-refractivity contribution in [2.75, 3.05) is 5.32 Å². The first-order chi connectivity index (χ1) is 7.90. The van der Waals surface area contributed by atoms with Crippen LogP contribution in [-0.4, -0.2) is 14.3 Å². The van der Waals surface area contributed by atoms with Crippen molar-refractivity contribution >= 4 is 21.6 Å². The number of rotatable bonds is 4. The Bertz CT molecular complexity index is 560. The van der Waals surface area contributed by atoms with Crippen LogP contribution in [0.25, 0.3) is 0 Å². The average Bonchev–Trinajstić information content (AvgIpc) is 2.15. The monoisotopic (exact) mass is 253 g/mol. The first kappa shape index (κ1) is 13.2. The number of benzene rings is 1. The molecule has 1 aromatic carbocycles. The van der Waals surface area contributed by atoms with Crippen LogP contribution in [0.1, 0.15) is 12.0 Å². The second-order valence-electron chi connectivity index (χ2n) is 3.39. The maximum Gasteiger partial charge on any atom is 0.238 e. The number of nitrogens with two attached hydrogens (primary N) is 1. The quantitative estimate of drug-likeness (QED) is 0.804. The van der Waals surface area contributed by atoms with E-state index in [0.717, 1.165) is 0 Å². The van der Waals surface area contributed by atoms with Gasteiger partial charge in [0.2, 0.25) is 15.9 Å². The Morgan fingerprint density at radius 3 is 2.76 bits per heavy atom. The molecule has 90 valence electrons. The topological polar surface area (TPSA) is 113 Å². The fraction of sp³-hybridized carbons (Fsp3) is 0.200. The minimum absolute atomic E-state index is 0.251. The van der Waals surface area contributed by atoms with Crippen molar-refractivity contribution in [1.29, 1.82) is 5.26 Å². The van der Waals surface area contributed by atoms with Crippen molar-refractivity contribution < 1.29 is 13.2 Å². The second kappa shape index (κ2) is 5.43. The Morgan fingerprint density at radius 2 is 2.18 bits per heavy atom. The highest BCUT2D eigenvalue weighted by atomic mass is 32.2. The molecule has 0 heterocycles. The molecule has 1 amide bonds. The molecule has 0 saturated carbocycles. The van der Waals surface area contributed by atoms with E-state index in [4.69, 9.17) is 10.4 Å². The fourth-order valence-electron chi connectivity index (χ4n) is 1.25. The van der Waals surface area contributed by atoms with Gasteiger partial charge in [0, 0.05) is 5.69 Å². The molecule has 0 fully saturated rings. The summed E-state index contributed by atoms with van der Waals surface area (Å²) < 4.78 is 21.8. The zero-order valence-electron chi connectivity index (χ0n) is 8.88. The molecule has 0 saturated heterocycles. The van der Waals surface area contributed by atoms with E-state index in [9.17, 15) is 13.2 Å². The van der Waals surface area contributed by atoms with Crippen LogP contribution >= 0.6 is 0 Å². The molecule has 0 aliphatic heterocycles. The number of carbonyl (C=O) groups is 1. The summed E-state index contributed by atoms with van der Waals surface area (Å²) in [5.74, 6) is -0.741. The second-order valence-corrected chi connectivity index (χ2v) is 5.01. The van der Waals surface area contributed by atoms with E-state index in [1.54, 1.807) is 24.3 Å². The number of hydrogen-bond donors (Lipinski definition) is 2. The number of carbonyl (C=O) groups excluding carboxylic acids is 1. The molecule has 3 N–H and O–H groups in total. The maximum atomic E-state index is 11.1. The molecule has 0 unspecified atom stereocenters. The Morgan fingerprint density at radius 1 is 1.47 bits per heavy atom. The predicted octanol–water partition coefficient (Wildman–Crippen LogP) is 0.327. The summed E-state index contributed by atoms with van der Waals surface area (Å²) in [6.45, 7) is 0. The summed E-state index contributed by atoms with van der Waals surface area (Å²) in [5.41, 5.74) is 0.911. The van der Waals surface area contributed by atoms with Gasteiger partial charge in [0.15, 0.2) is 0 Å². The highest BCUT2D eigenvalue weighted by Crippen LogP contribution is 2.12. The molecule has 0 radical (unpaired) electrons. The van der Waals surface area contributed by atoms with Gasteiger partial charge in [0.1, 0.15) is 6.42 Å². The van der Waals surface area contributed by atoms with Gasteiger partial charge in [0.05, 0.1) is 11.8 Å². The third-order valence-electron chi connectivity index (χ3n) is 1.82. The molecule has 0 atom stereocenters. The van der Waals surface area contributed by atoms with Gasteiger partial charge in [-0.2, -0.15) is 5.26 Å². The molecule has 0 aromatic heterocycles. The molecule has 0 bridgehead atoms. The lowest BCUT2D eigenvalue weighted by Gasteiger charge is -2.05. The molecule has 0 aliphatic rings. The van der Waals surface area contributed by atoms with Crippen molar-refractivity contribution in [2.24, 2.45) is 5.14 Å². The molecule has 7 heteroatoms. The van der Waals surface area contributed by atoms with E-state index in [0.29, 0.717) is 11.3 Å². The Balaban J connectivity index is 2.80. The zero-order valence-corrected chi connectivity index (χ0v) is 9.70. The SMILES string of the molecule is N#CCC(=O)Nc1cccc(CS(N)(=O)=O)c1. The Hall–Kier alpha value is -1.91. The zero-order chi connectivity index (χ0) is 12.9. The van der Waals surface area contributed by atoms with Crippen LogP contribution in [0.15, 0.2) is 24.3 Å². The molecule has 17 heavy (non-hydrogen) atoms. The minimum atomic E-state index is -3.60. The van der Waals surface area contributed by atoms with Crippen LogP contribution in [0.2, 0.25) is 0 Å². The molecular weight excluding hydrogens is 242 g/mol. The predicted molar refractivity (Wildman–Crippen MR) is 62.1 cm³/mol. The van der Waals surface area contributed by atoms with E-state index >= 15 is 0 Å². The average molecular weight is 253 g/mol. The summed E-state index contributed by atoms with van der Waals surface area (Å²) in [4.78, 5) is 11.1. The molecule has 1 rings (SSSR count). The lowest BCUT2D eigenvalue weighted by molar-refractivity contribution is -0.115. The number of anilines is 1. The van der Waals surface area contributed by atoms with Crippen LogP contribution in [0.4, 0.5) is 5.69 Å². The van der Waals surface area contributed by atoms with Crippen molar-refractivity contribution in [3.05, 3.63) is 29.8 Å². The Labute approximate surface area is 99.1 Å². The molecule has 0 aliphatic carbocycles.